The lowest BCUT2D eigenvalue weighted by Crippen LogP contribution is -2.53. The molecular weight excluding hydrogens is 408 g/mol. The minimum absolute atomic E-state index is 0.165. The van der Waals surface area contributed by atoms with E-state index in [4.69, 9.17) is 10.5 Å². The fourth-order valence-corrected chi connectivity index (χ4v) is 9.47. The van der Waals surface area contributed by atoms with Gasteiger partial charge in [-0.2, -0.15) is 0 Å². The molecule has 4 heteroatoms. The summed E-state index contributed by atoms with van der Waals surface area (Å²) in [5.74, 6) is 6.10. The Labute approximate surface area is 202 Å². The van der Waals surface area contributed by atoms with Gasteiger partial charge in [0.1, 0.15) is 0 Å². The predicted molar refractivity (Wildman–Crippen MR) is 136 cm³/mol. The molecule has 188 valence electrons. The molecule has 0 bridgehead atoms. The number of amidine groups is 1. The summed E-state index contributed by atoms with van der Waals surface area (Å²) in [6.45, 7) is 8.47. The molecule has 0 aromatic carbocycles. The van der Waals surface area contributed by atoms with Crippen molar-refractivity contribution in [3.05, 3.63) is 0 Å². The number of rotatable bonds is 8. The standard InChI is InChI=1S/C29H50N2O2/c1-20(10-15-26(30)31-19-7-9-27(32)33-4)23-13-14-24-22-12-11-21-8-5-6-17-28(21,2)25(22)16-18-29(23,24)3/h20-25H,5-19H2,1-4H3,(H2,30,31)/t20-,21+,22+,23?,24?,25?,28?,29?/m1/s1. The van der Waals surface area contributed by atoms with Gasteiger partial charge in [-0.3, -0.25) is 9.79 Å². The van der Waals surface area contributed by atoms with Crippen molar-refractivity contribution in [2.75, 3.05) is 13.7 Å². The Morgan fingerprint density at radius 1 is 1.00 bits per heavy atom. The van der Waals surface area contributed by atoms with Crippen molar-refractivity contribution in [3.63, 3.8) is 0 Å². The van der Waals surface area contributed by atoms with Crippen LogP contribution < -0.4 is 5.73 Å². The van der Waals surface area contributed by atoms with Crippen LogP contribution in [0.2, 0.25) is 0 Å². The lowest BCUT2D eigenvalue weighted by molar-refractivity contribution is -0.140. The molecule has 4 aliphatic carbocycles. The van der Waals surface area contributed by atoms with Crippen LogP contribution in [0.3, 0.4) is 0 Å². The quantitative estimate of drug-likeness (QED) is 0.189. The van der Waals surface area contributed by atoms with Crippen LogP contribution in [0.4, 0.5) is 0 Å². The summed E-state index contributed by atoms with van der Waals surface area (Å²) in [5.41, 5.74) is 7.41. The first-order valence-corrected chi connectivity index (χ1v) is 14.1. The molecule has 2 N–H and O–H groups in total. The summed E-state index contributed by atoms with van der Waals surface area (Å²) in [6, 6.07) is 0. The van der Waals surface area contributed by atoms with Gasteiger partial charge in [0.15, 0.2) is 0 Å². The molecule has 0 saturated heterocycles. The molecule has 4 saturated carbocycles. The molecule has 0 radical (unpaired) electrons. The van der Waals surface area contributed by atoms with Gasteiger partial charge in [0, 0.05) is 19.4 Å². The molecular formula is C29H50N2O2. The average molecular weight is 459 g/mol. The number of methoxy groups -OCH3 is 1. The zero-order chi connectivity index (χ0) is 23.6. The number of ether oxygens (including phenoxy) is 1. The smallest absolute Gasteiger partial charge is 0.305 e. The van der Waals surface area contributed by atoms with Gasteiger partial charge in [0.05, 0.1) is 12.9 Å². The molecule has 4 nitrogen and oxygen atoms in total. The van der Waals surface area contributed by atoms with Crippen molar-refractivity contribution in [1.29, 1.82) is 0 Å². The first-order chi connectivity index (χ1) is 15.8. The number of fused-ring (bicyclic) bond motifs is 5. The molecule has 0 aliphatic heterocycles. The van der Waals surface area contributed by atoms with E-state index in [1.807, 2.05) is 0 Å². The number of carbonyl (C=O) groups is 1. The Morgan fingerprint density at radius 2 is 1.79 bits per heavy atom. The minimum atomic E-state index is -0.165. The monoisotopic (exact) mass is 458 g/mol. The van der Waals surface area contributed by atoms with Crippen molar-refractivity contribution in [2.45, 2.75) is 111 Å². The Bertz CT molecular complexity index is 720. The Kier molecular flexibility index (Phi) is 7.80. The van der Waals surface area contributed by atoms with Gasteiger partial charge in [0.2, 0.25) is 0 Å². The van der Waals surface area contributed by atoms with E-state index >= 15 is 0 Å². The van der Waals surface area contributed by atoms with E-state index in [2.05, 4.69) is 25.8 Å². The van der Waals surface area contributed by atoms with Crippen LogP contribution in [0.1, 0.15) is 111 Å². The average Bonchev–Trinajstić information content (AvgIpc) is 3.17. The Hall–Kier alpha value is -1.06. The maximum Gasteiger partial charge on any atom is 0.305 e. The number of carbonyl (C=O) groups excluding carboxylic acids is 1. The highest BCUT2D eigenvalue weighted by Gasteiger charge is 2.60. The van der Waals surface area contributed by atoms with Crippen molar-refractivity contribution >= 4 is 11.8 Å². The van der Waals surface area contributed by atoms with Crippen LogP contribution in [-0.4, -0.2) is 25.5 Å². The van der Waals surface area contributed by atoms with Crippen molar-refractivity contribution in [3.8, 4) is 0 Å². The summed E-state index contributed by atoms with van der Waals surface area (Å²) < 4.78 is 4.69. The van der Waals surface area contributed by atoms with Crippen LogP contribution in [0.15, 0.2) is 4.99 Å². The van der Waals surface area contributed by atoms with Gasteiger partial charge in [-0.25, -0.2) is 0 Å². The number of nitrogens with two attached hydrogens (primary N) is 1. The second-order valence-electron chi connectivity index (χ2n) is 12.7. The van der Waals surface area contributed by atoms with Crippen LogP contribution in [-0.2, 0) is 9.53 Å². The number of nitrogens with zero attached hydrogens (tertiary/aromatic N) is 1. The van der Waals surface area contributed by atoms with Crippen LogP contribution in [0.5, 0.6) is 0 Å². The van der Waals surface area contributed by atoms with E-state index in [0.29, 0.717) is 36.1 Å². The molecule has 0 spiro atoms. The van der Waals surface area contributed by atoms with Gasteiger partial charge < -0.3 is 10.5 Å². The Morgan fingerprint density at radius 3 is 2.58 bits per heavy atom. The maximum absolute atomic E-state index is 11.2. The molecule has 33 heavy (non-hydrogen) atoms. The third-order valence-electron chi connectivity index (χ3n) is 11.3. The van der Waals surface area contributed by atoms with Crippen molar-refractivity contribution < 1.29 is 9.53 Å². The number of aliphatic imine (C=N–C) groups is 1. The summed E-state index contributed by atoms with van der Waals surface area (Å²) in [6.07, 6.45) is 18.0. The highest BCUT2D eigenvalue weighted by molar-refractivity contribution is 5.80. The van der Waals surface area contributed by atoms with Gasteiger partial charge in [-0.05, 0) is 111 Å². The second kappa shape index (κ2) is 10.3. The number of hydrogen-bond acceptors (Lipinski definition) is 3. The van der Waals surface area contributed by atoms with E-state index in [1.54, 1.807) is 0 Å². The lowest BCUT2D eigenvalue weighted by Gasteiger charge is -2.61. The van der Waals surface area contributed by atoms with Crippen LogP contribution in [0, 0.1) is 46.3 Å². The second-order valence-corrected chi connectivity index (χ2v) is 12.7. The summed E-state index contributed by atoms with van der Waals surface area (Å²) in [4.78, 5) is 15.8. The molecule has 4 aliphatic rings. The van der Waals surface area contributed by atoms with Crippen LogP contribution in [0.25, 0.3) is 0 Å². The third-order valence-corrected chi connectivity index (χ3v) is 11.3. The van der Waals surface area contributed by atoms with E-state index in [-0.39, 0.29) is 5.97 Å². The first kappa shape index (κ1) is 25.0. The Balaban J connectivity index is 1.32. The van der Waals surface area contributed by atoms with Gasteiger partial charge >= 0.3 is 5.97 Å². The fraction of sp³-hybridized carbons (Fsp3) is 0.931. The van der Waals surface area contributed by atoms with E-state index in [1.165, 1.54) is 71.3 Å². The van der Waals surface area contributed by atoms with Crippen molar-refractivity contribution in [1.82, 2.24) is 0 Å². The SMILES string of the molecule is COC(=O)CCCN=C(N)CC[C@@H](C)C1CCC2[C@@H]3CC[C@@H]4CCCCC4(C)C3CCC21C. The third kappa shape index (κ3) is 4.87. The number of esters is 1. The molecule has 0 aromatic rings. The maximum atomic E-state index is 11.2. The number of hydrogen-bond donors (Lipinski definition) is 1. The zero-order valence-corrected chi connectivity index (χ0v) is 21.9. The largest absolute Gasteiger partial charge is 0.469 e. The summed E-state index contributed by atoms with van der Waals surface area (Å²) in [5, 5.41) is 0. The molecule has 0 heterocycles. The molecule has 4 fully saturated rings. The summed E-state index contributed by atoms with van der Waals surface area (Å²) in [7, 11) is 1.43. The van der Waals surface area contributed by atoms with E-state index < -0.39 is 0 Å². The highest BCUT2D eigenvalue weighted by Crippen LogP contribution is 2.68. The molecule has 0 amide bonds. The zero-order valence-electron chi connectivity index (χ0n) is 21.9. The van der Waals surface area contributed by atoms with Crippen LogP contribution >= 0.6 is 0 Å². The fourth-order valence-electron chi connectivity index (χ4n) is 9.47. The highest BCUT2D eigenvalue weighted by atomic mass is 16.5. The molecule has 5 unspecified atom stereocenters. The van der Waals surface area contributed by atoms with Gasteiger partial charge in [-0.1, -0.05) is 33.6 Å². The first-order valence-electron chi connectivity index (χ1n) is 14.1. The van der Waals surface area contributed by atoms with E-state index in [0.717, 1.165) is 48.3 Å². The van der Waals surface area contributed by atoms with E-state index in [9.17, 15) is 4.79 Å². The van der Waals surface area contributed by atoms with Crippen molar-refractivity contribution in [2.24, 2.45) is 57.1 Å². The van der Waals surface area contributed by atoms with Gasteiger partial charge in [0.25, 0.3) is 0 Å². The predicted octanol–water partition coefficient (Wildman–Crippen LogP) is 6.76. The topological polar surface area (TPSA) is 64.7 Å². The molecule has 0 aromatic heterocycles. The normalized spacial score (nSPS) is 41.6. The minimum Gasteiger partial charge on any atom is -0.469 e. The van der Waals surface area contributed by atoms with Gasteiger partial charge in [-0.15, -0.1) is 0 Å². The lowest BCUT2D eigenvalue weighted by atomic mass is 9.44. The molecule has 4 rings (SSSR count). The molecule has 8 atom stereocenters. The summed E-state index contributed by atoms with van der Waals surface area (Å²) >= 11 is 0.